The fourth-order valence-corrected chi connectivity index (χ4v) is 3.64. The molecule has 18 heteroatoms. The normalized spacial score (nSPS) is 27.3. The van der Waals surface area contributed by atoms with Gasteiger partial charge in [0.15, 0.2) is 6.23 Å². The van der Waals surface area contributed by atoms with Crippen LogP contribution in [0.15, 0.2) is 17.1 Å². The van der Waals surface area contributed by atoms with Gasteiger partial charge in [0.25, 0.3) is 0 Å². The molecule has 0 aliphatic carbocycles. The van der Waals surface area contributed by atoms with Crippen molar-refractivity contribution in [2.24, 2.45) is 0 Å². The fourth-order valence-electron chi connectivity index (χ4n) is 2.04. The van der Waals surface area contributed by atoms with Crippen LogP contribution in [0, 0.1) is 0 Å². The number of hydrogen-bond acceptors (Lipinski definition) is 10. The molecule has 1 aliphatic rings. The molecule has 0 bridgehead atoms. The van der Waals surface area contributed by atoms with Crippen molar-refractivity contribution < 1.29 is 47.6 Å². The minimum absolute atomic E-state index is 0. The first-order chi connectivity index (χ1) is 11.4. The van der Waals surface area contributed by atoms with E-state index in [4.69, 9.17) is 25.2 Å². The number of ether oxygens (including phenoxy) is 1. The number of nitrogen functional groups attached to an aromatic ring is 1. The summed E-state index contributed by atoms with van der Waals surface area (Å²) >= 11 is 0. The van der Waals surface area contributed by atoms with E-state index >= 15 is 0 Å². The van der Waals surface area contributed by atoms with Crippen molar-refractivity contribution in [2.45, 2.75) is 24.5 Å². The number of hydrogen-bond donors (Lipinski definition) is 6. The summed E-state index contributed by atoms with van der Waals surface area (Å²) < 4.78 is 35.8. The van der Waals surface area contributed by atoms with Crippen LogP contribution < -0.4 is 11.4 Å². The van der Waals surface area contributed by atoms with Gasteiger partial charge in [0.1, 0.15) is 24.1 Å². The van der Waals surface area contributed by atoms with E-state index in [2.05, 4.69) is 13.8 Å². The number of rotatable bonds is 6. The van der Waals surface area contributed by atoms with Crippen LogP contribution in [0.4, 0.5) is 5.82 Å². The van der Waals surface area contributed by atoms with E-state index in [1.807, 2.05) is 0 Å². The van der Waals surface area contributed by atoms with Gasteiger partial charge < -0.3 is 35.4 Å². The molecule has 5 atom stereocenters. The van der Waals surface area contributed by atoms with Gasteiger partial charge in [0.2, 0.25) is 0 Å². The zero-order chi connectivity index (χ0) is 19.0. The summed E-state index contributed by atoms with van der Waals surface area (Å²) in [5.74, 6) is -0.0787. The van der Waals surface area contributed by atoms with Crippen LogP contribution in [-0.4, -0.2) is 118 Å². The van der Waals surface area contributed by atoms with Crippen molar-refractivity contribution in [2.75, 3.05) is 12.3 Å². The number of nitrogens with zero attached hydrogens (tertiary/aromatic N) is 2. The van der Waals surface area contributed by atoms with Gasteiger partial charge in [0, 0.05) is 6.20 Å². The molecule has 0 amide bonds. The number of phosphoric ester groups is 1. The SMILES string of the molecule is Nc1ccn([C@@H]2O[C@H](COP(=O)(O)OP(=O)(O)O)[C@@H](O)[C@H]2O)c(=O)n1.[NaH].[NaH]. The summed E-state index contributed by atoms with van der Waals surface area (Å²) in [6.45, 7) is -0.875. The molecular weight excluding hydrogens is 434 g/mol. The molecule has 2 heterocycles. The monoisotopic (exact) mass is 451 g/mol. The molecule has 0 radical (unpaired) electrons. The third-order valence-corrected chi connectivity index (χ3v) is 5.23. The Hall–Kier alpha value is 0.820. The summed E-state index contributed by atoms with van der Waals surface area (Å²) in [7, 11) is -10.5. The van der Waals surface area contributed by atoms with Crippen molar-refractivity contribution in [3.8, 4) is 0 Å². The zero-order valence-electron chi connectivity index (χ0n) is 12.2. The number of anilines is 1. The first-order valence-electron chi connectivity index (χ1n) is 6.50. The van der Waals surface area contributed by atoms with Crippen molar-refractivity contribution in [1.29, 1.82) is 0 Å². The van der Waals surface area contributed by atoms with Gasteiger partial charge in [-0.1, -0.05) is 0 Å². The van der Waals surface area contributed by atoms with Gasteiger partial charge in [0.05, 0.1) is 6.61 Å². The molecule has 1 fully saturated rings. The third-order valence-electron chi connectivity index (χ3n) is 3.07. The third kappa shape index (κ3) is 7.87. The summed E-state index contributed by atoms with van der Waals surface area (Å²) in [5.41, 5.74) is 4.45. The zero-order valence-corrected chi connectivity index (χ0v) is 14.0. The average molecular weight is 451 g/mol. The van der Waals surface area contributed by atoms with E-state index < -0.39 is 52.5 Å². The van der Waals surface area contributed by atoms with E-state index in [-0.39, 0.29) is 64.9 Å². The second-order valence-corrected chi connectivity index (χ2v) is 7.75. The predicted molar refractivity (Wildman–Crippen MR) is 92.0 cm³/mol. The van der Waals surface area contributed by atoms with Gasteiger partial charge in [-0.3, -0.25) is 9.09 Å². The summed E-state index contributed by atoms with van der Waals surface area (Å²) in [4.78, 5) is 41.3. The van der Waals surface area contributed by atoms with Crippen LogP contribution in [0.5, 0.6) is 0 Å². The Morgan fingerprint density at radius 2 is 1.81 bits per heavy atom. The van der Waals surface area contributed by atoms with E-state index in [1.54, 1.807) is 0 Å². The molecule has 2 rings (SSSR count). The van der Waals surface area contributed by atoms with Gasteiger partial charge in [-0.2, -0.15) is 9.29 Å². The first kappa shape index (κ1) is 27.8. The van der Waals surface area contributed by atoms with E-state index in [1.165, 1.54) is 6.07 Å². The predicted octanol–water partition coefficient (Wildman–Crippen LogP) is -3.63. The van der Waals surface area contributed by atoms with Crippen LogP contribution in [-0.2, 0) is 22.7 Å². The number of aliphatic hydroxyl groups excluding tert-OH is 2. The van der Waals surface area contributed by atoms with Gasteiger partial charge >= 0.3 is 80.4 Å². The van der Waals surface area contributed by atoms with Gasteiger partial charge in [-0.05, 0) is 6.07 Å². The molecule has 27 heavy (non-hydrogen) atoms. The van der Waals surface area contributed by atoms with Crippen LogP contribution >= 0.6 is 15.6 Å². The van der Waals surface area contributed by atoms with Crippen LogP contribution in [0.1, 0.15) is 6.23 Å². The van der Waals surface area contributed by atoms with E-state index in [0.29, 0.717) is 0 Å². The molecule has 1 aromatic heterocycles. The molecule has 0 saturated carbocycles. The molecule has 1 saturated heterocycles. The summed E-state index contributed by atoms with van der Waals surface area (Å²) in [6.07, 6.45) is -4.93. The number of nitrogens with two attached hydrogens (primary N) is 1. The summed E-state index contributed by atoms with van der Waals surface area (Å²) in [5, 5.41) is 19.8. The van der Waals surface area contributed by atoms with Crippen molar-refractivity contribution >= 4 is 80.6 Å². The van der Waals surface area contributed by atoms with Gasteiger partial charge in [-0.15, -0.1) is 0 Å². The number of phosphoric acid groups is 2. The Morgan fingerprint density at radius 3 is 2.33 bits per heavy atom. The Morgan fingerprint density at radius 1 is 1.22 bits per heavy atom. The minimum atomic E-state index is -5.30. The average Bonchev–Trinajstić information content (AvgIpc) is 2.71. The molecule has 1 unspecified atom stereocenters. The Balaban J connectivity index is 0.00000338. The molecule has 7 N–H and O–H groups in total. The second kappa shape index (κ2) is 10.7. The second-order valence-electron chi connectivity index (χ2n) is 4.93. The summed E-state index contributed by atoms with van der Waals surface area (Å²) in [6, 6.07) is 1.24. The van der Waals surface area contributed by atoms with Crippen LogP contribution in [0.3, 0.4) is 0 Å². The Kier molecular flexibility index (Phi) is 11.1. The fraction of sp³-hybridized carbons (Fsp3) is 0.556. The van der Waals surface area contributed by atoms with Crippen molar-refractivity contribution in [3.05, 3.63) is 22.7 Å². The standard InChI is InChI=1S/C9H15N3O11P2.2Na.2H/c10-5-1-2-12(9(15)11-5)8-7(14)6(13)4(22-8)3-21-25(19,20)23-24(16,17)18;;;;/h1-2,4,6-8,13-14H,3H2,(H,19,20)(H2,10,11,15)(H2,16,17,18);;;;/t4-,6-,7-,8-;;;;/m1..../s1. The molecule has 0 aromatic carbocycles. The van der Waals surface area contributed by atoms with E-state index in [0.717, 1.165) is 10.8 Å². The van der Waals surface area contributed by atoms with Gasteiger partial charge in [-0.25, -0.2) is 13.9 Å². The van der Waals surface area contributed by atoms with Crippen molar-refractivity contribution in [1.82, 2.24) is 9.55 Å². The first-order valence-corrected chi connectivity index (χ1v) is 9.53. The molecular formula is C9H17N3Na2O11P2. The molecule has 0 spiro atoms. The van der Waals surface area contributed by atoms with Crippen molar-refractivity contribution in [3.63, 3.8) is 0 Å². The maximum atomic E-state index is 11.7. The molecule has 1 aliphatic heterocycles. The Labute approximate surface area is 196 Å². The maximum absolute atomic E-state index is 11.7. The van der Waals surface area contributed by atoms with Crippen LogP contribution in [0.25, 0.3) is 0 Å². The molecule has 146 valence electrons. The molecule has 14 nitrogen and oxygen atoms in total. The topological polar surface area (TPSA) is 224 Å². The van der Waals surface area contributed by atoms with Crippen LogP contribution in [0.2, 0.25) is 0 Å². The number of aromatic nitrogens is 2. The quantitative estimate of drug-likeness (QED) is 0.182. The Bertz CT molecular complexity index is 789. The number of aliphatic hydroxyl groups is 2. The molecule has 1 aromatic rings. The van der Waals surface area contributed by atoms with E-state index in [9.17, 15) is 24.1 Å².